The summed E-state index contributed by atoms with van der Waals surface area (Å²) in [6, 6.07) is 3.20. The number of alkyl halides is 4. The van der Waals surface area contributed by atoms with Crippen LogP contribution in [0.1, 0.15) is 18.1 Å². The predicted octanol–water partition coefficient (Wildman–Crippen LogP) is 3.42. The van der Waals surface area contributed by atoms with Gasteiger partial charge < -0.3 is 0 Å². The Morgan fingerprint density at radius 3 is 2.35 bits per heavy atom. The van der Waals surface area contributed by atoms with Crippen LogP contribution in [0.4, 0.5) is 13.2 Å². The van der Waals surface area contributed by atoms with E-state index in [1.54, 1.807) is 6.92 Å². The second-order valence-corrected chi connectivity index (χ2v) is 6.81. The van der Waals surface area contributed by atoms with Crippen LogP contribution in [0.3, 0.4) is 0 Å². The number of hydrogen-bond acceptors (Lipinski definition) is 2. The molecule has 0 saturated heterocycles. The monoisotopic (exact) mass is 373 g/mol. The van der Waals surface area contributed by atoms with Crippen LogP contribution in [0.5, 0.6) is 0 Å². The lowest BCUT2D eigenvalue weighted by molar-refractivity contribution is -0.138. The number of halogens is 4. The molecule has 0 aliphatic carbocycles. The van der Waals surface area contributed by atoms with E-state index in [0.29, 0.717) is 5.33 Å². The fraction of sp³-hybridized carbons (Fsp3) is 0.500. The van der Waals surface area contributed by atoms with E-state index in [9.17, 15) is 21.6 Å². The largest absolute Gasteiger partial charge is 0.416 e. The highest BCUT2D eigenvalue weighted by Crippen LogP contribution is 2.34. The molecule has 114 valence electrons. The van der Waals surface area contributed by atoms with Gasteiger partial charge in [0.1, 0.15) is 0 Å². The van der Waals surface area contributed by atoms with Crippen LogP contribution < -0.4 is 0 Å². The highest BCUT2D eigenvalue weighted by Gasteiger charge is 2.35. The molecule has 8 heteroatoms. The first-order chi connectivity index (χ1) is 9.16. The molecule has 3 nitrogen and oxygen atoms in total. The molecule has 0 aliphatic heterocycles. The SMILES string of the molecule is CCN(CCBr)S(=O)(=O)c1cccc(C(F)(F)F)c1C. The Kier molecular flexibility index (Phi) is 5.62. The van der Waals surface area contributed by atoms with Gasteiger partial charge in [0, 0.05) is 18.4 Å². The minimum atomic E-state index is -4.57. The van der Waals surface area contributed by atoms with Gasteiger partial charge in [0.15, 0.2) is 0 Å². The number of benzene rings is 1. The Hall–Kier alpha value is -0.600. The Morgan fingerprint density at radius 2 is 1.90 bits per heavy atom. The average Bonchev–Trinajstić information content (AvgIpc) is 2.34. The first-order valence-electron chi connectivity index (χ1n) is 5.89. The molecule has 0 atom stereocenters. The van der Waals surface area contributed by atoms with Crippen LogP contribution in [0.25, 0.3) is 0 Å². The van der Waals surface area contributed by atoms with E-state index in [1.807, 2.05) is 0 Å². The molecule has 0 N–H and O–H groups in total. The van der Waals surface area contributed by atoms with E-state index in [-0.39, 0.29) is 23.5 Å². The van der Waals surface area contributed by atoms with Crippen LogP contribution in [0.2, 0.25) is 0 Å². The lowest BCUT2D eigenvalue weighted by Gasteiger charge is -2.22. The third kappa shape index (κ3) is 3.53. The van der Waals surface area contributed by atoms with E-state index in [4.69, 9.17) is 0 Å². The van der Waals surface area contributed by atoms with E-state index >= 15 is 0 Å². The van der Waals surface area contributed by atoms with Gasteiger partial charge in [-0.2, -0.15) is 17.5 Å². The van der Waals surface area contributed by atoms with Crippen molar-refractivity contribution in [3.8, 4) is 0 Å². The maximum Gasteiger partial charge on any atom is 0.416 e. The highest BCUT2D eigenvalue weighted by atomic mass is 79.9. The summed E-state index contributed by atoms with van der Waals surface area (Å²) in [5.41, 5.74) is -1.19. The summed E-state index contributed by atoms with van der Waals surface area (Å²) in [6.07, 6.45) is -4.57. The van der Waals surface area contributed by atoms with Gasteiger partial charge in [-0.15, -0.1) is 0 Å². The zero-order valence-corrected chi connectivity index (χ0v) is 13.4. The van der Waals surface area contributed by atoms with Gasteiger partial charge in [0.05, 0.1) is 10.5 Å². The lowest BCUT2D eigenvalue weighted by Crippen LogP contribution is -2.33. The molecule has 0 aromatic heterocycles. The van der Waals surface area contributed by atoms with E-state index in [1.165, 1.54) is 13.0 Å². The van der Waals surface area contributed by atoms with Crippen LogP contribution >= 0.6 is 15.9 Å². The molecule has 1 rings (SSSR count). The van der Waals surface area contributed by atoms with Gasteiger partial charge in [-0.25, -0.2) is 8.42 Å². The predicted molar refractivity (Wildman–Crippen MR) is 74.4 cm³/mol. The fourth-order valence-corrected chi connectivity index (χ4v) is 4.24. The normalized spacial score (nSPS) is 12.9. The third-order valence-corrected chi connectivity index (χ3v) is 5.37. The molecular formula is C12H15BrF3NO2S. The zero-order valence-electron chi connectivity index (χ0n) is 11.0. The third-order valence-electron chi connectivity index (χ3n) is 2.89. The second-order valence-electron chi connectivity index (χ2n) is 4.11. The molecule has 0 heterocycles. The van der Waals surface area contributed by atoms with Gasteiger partial charge in [0.25, 0.3) is 0 Å². The fourth-order valence-electron chi connectivity index (χ4n) is 1.88. The molecule has 0 unspecified atom stereocenters. The molecule has 0 spiro atoms. The molecule has 0 bridgehead atoms. The van der Waals surface area contributed by atoms with Gasteiger partial charge in [-0.3, -0.25) is 0 Å². The summed E-state index contributed by atoms with van der Waals surface area (Å²) >= 11 is 3.13. The molecule has 0 amide bonds. The average molecular weight is 374 g/mol. The van der Waals surface area contributed by atoms with Crippen molar-refractivity contribution in [2.24, 2.45) is 0 Å². The molecule has 1 aromatic rings. The number of nitrogens with zero attached hydrogens (tertiary/aromatic N) is 1. The van der Waals surface area contributed by atoms with Crippen molar-refractivity contribution in [2.75, 3.05) is 18.4 Å². The van der Waals surface area contributed by atoms with Crippen molar-refractivity contribution in [3.63, 3.8) is 0 Å². The van der Waals surface area contributed by atoms with Crippen molar-refractivity contribution in [1.29, 1.82) is 0 Å². The van der Waals surface area contributed by atoms with Crippen molar-refractivity contribution >= 4 is 26.0 Å². The van der Waals surface area contributed by atoms with Crippen LogP contribution in [0, 0.1) is 6.92 Å². The maximum absolute atomic E-state index is 12.8. The molecule has 20 heavy (non-hydrogen) atoms. The second kappa shape index (κ2) is 6.44. The Morgan fingerprint density at radius 1 is 1.30 bits per heavy atom. The number of rotatable bonds is 5. The van der Waals surface area contributed by atoms with Gasteiger partial charge in [-0.1, -0.05) is 28.9 Å². The Bertz CT molecular complexity index is 573. The first-order valence-corrected chi connectivity index (χ1v) is 8.45. The first kappa shape index (κ1) is 17.5. The highest BCUT2D eigenvalue weighted by molar-refractivity contribution is 9.09. The van der Waals surface area contributed by atoms with Crippen molar-refractivity contribution in [3.05, 3.63) is 29.3 Å². The number of hydrogen-bond donors (Lipinski definition) is 0. The molecule has 0 saturated carbocycles. The Balaban J connectivity index is 3.40. The van der Waals surface area contributed by atoms with E-state index in [0.717, 1.165) is 16.4 Å². The molecule has 0 aliphatic rings. The summed E-state index contributed by atoms with van der Waals surface area (Å²) < 4.78 is 64.4. The smallest absolute Gasteiger partial charge is 0.207 e. The molecule has 0 fully saturated rings. The van der Waals surface area contributed by atoms with Gasteiger partial charge >= 0.3 is 6.18 Å². The quantitative estimate of drug-likeness (QED) is 0.741. The number of sulfonamides is 1. The minimum Gasteiger partial charge on any atom is -0.207 e. The standard InChI is InChI=1S/C12H15BrF3NO2S/c1-3-17(8-7-13)20(18,19)11-6-4-5-10(9(11)2)12(14,15)16/h4-6H,3,7-8H2,1-2H3. The van der Waals surface area contributed by atoms with Crippen LogP contribution in [-0.4, -0.2) is 31.1 Å². The molecule has 0 radical (unpaired) electrons. The summed E-state index contributed by atoms with van der Waals surface area (Å²) in [4.78, 5) is -0.296. The minimum absolute atomic E-state index is 0.198. The van der Waals surface area contributed by atoms with Crippen LogP contribution in [0.15, 0.2) is 23.1 Å². The van der Waals surface area contributed by atoms with Crippen LogP contribution in [-0.2, 0) is 16.2 Å². The van der Waals surface area contributed by atoms with Crippen molar-refractivity contribution in [2.45, 2.75) is 24.9 Å². The topological polar surface area (TPSA) is 37.4 Å². The maximum atomic E-state index is 12.8. The summed E-state index contributed by atoms with van der Waals surface area (Å²) in [6.45, 7) is 3.22. The summed E-state index contributed by atoms with van der Waals surface area (Å²) in [7, 11) is -3.92. The van der Waals surface area contributed by atoms with E-state index < -0.39 is 21.8 Å². The summed E-state index contributed by atoms with van der Waals surface area (Å²) in [5.74, 6) is 0. The van der Waals surface area contributed by atoms with Crippen molar-refractivity contribution in [1.82, 2.24) is 4.31 Å². The zero-order chi connectivity index (χ0) is 15.6. The van der Waals surface area contributed by atoms with Crippen molar-refractivity contribution < 1.29 is 21.6 Å². The lowest BCUT2D eigenvalue weighted by atomic mass is 10.1. The summed E-state index contributed by atoms with van der Waals surface area (Å²) in [5, 5.41) is 0.415. The molecular weight excluding hydrogens is 359 g/mol. The Labute approximate surface area is 125 Å². The molecule has 1 aromatic carbocycles. The van der Waals surface area contributed by atoms with E-state index in [2.05, 4.69) is 15.9 Å². The van der Waals surface area contributed by atoms with Gasteiger partial charge in [0.2, 0.25) is 10.0 Å². The van der Waals surface area contributed by atoms with Gasteiger partial charge in [-0.05, 0) is 24.6 Å².